The molecule has 0 unspecified atom stereocenters. The van der Waals surface area contributed by atoms with E-state index in [2.05, 4.69) is 13.8 Å². The van der Waals surface area contributed by atoms with Crippen molar-refractivity contribution in [3.05, 3.63) is 34.6 Å². The summed E-state index contributed by atoms with van der Waals surface area (Å²) in [5, 5.41) is 0.196. The Morgan fingerprint density at radius 2 is 2.17 bits per heavy atom. The minimum atomic E-state index is -0.325. The van der Waals surface area contributed by atoms with Crippen molar-refractivity contribution in [1.82, 2.24) is 0 Å². The Bertz CT molecular complexity index is 271. The zero-order valence-corrected chi connectivity index (χ0v) is 8.03. The fourth-order valence-corrected chi connectivity index (χ4v) is 1.17. The Morgan fingerprint density at radius 1 is 1.50 bits per heavy atom. The maximum Gasteiger partial charge on any atom is 0.142 e. The van der Waals surface area contributed by atoms with Gasteiger partial charge in [-0.15, -0.1) is 0 Å². The molecule has 0 saturated carbocycles. The summed E-state index contributed by atoms with van der Waals surface area (Å²) in [5.41, 5.74) is 1.01. The van der Waals surface area contributed by atoms with E-state index in [4.69, 9.17) is 11.6 Å². The molecule has 66 valence electrons. The fourth-order valence-electron chi connectivity index (χ4n) is 1.05. The second-order valence-electron chi connectivity index (χ2n) is 2.98. The van der Waals surface area contributed by atoms with Gasteiger partial charge in [0.05, 0.1) is 5.02 Å². The van der Waals surface area contributed by atoms with Gasteiger partial charge in [-0.3, -0.25) is 0 Å². The minimum Gasteiger partial charge on any atom is -0.205 e. The molecule has 0 aromatic heterocycles. The highest BCUT2D eigenvalue weighted by molar-refractivity contribution is 6.30. The molecule has 0 saturated heterocycles. The highest BCUT2D eigenvalue weighted by Crippen LogP contribution is 2.22. The summed E-state index contributed by atoms with van der Waals surface area (Å²) in [6, 6.07) is 4.99. The molecule has 0 aliphatic carbocycles. The number of halogens is 2. The molecule has 1 atom stereocenters. The van der Waals surface area contributed by atoms with Gasteiger partial charge in [0.25, 0.3) is 0 Å². The van der Waals surface area contributed by atoms with Gasteiger partial charge in [0, 0.05) is 0 Å². The predicted molar refractivity (Wildman–Crippen MR) is 50.1 cm³/mol. The zero-order chi connectivity index (χ0) is 9.14. The molecule has 0 heterocycles. The average molecular weight is 187 g/mol. The summed E-state index contributed by atoms with van der Waals surface area (Å²) in [5.74, 6) is 0.0752. The van der Waals surface area contributed by atoms with Crippen LogP contribution in [0.2, 0.25) is 5.02 Å². The summed E-state index contributed by atoms with van der Waals surface area (Å²) in [6.07, 6.45) is 1.01. The van der Waals surface area contributed by atoms with Gasteiger partial charge in [-0.05, 0) is 30.0 Å². The third kappa shape index (κ3) is 1.98. The Balaban J connectivity index is 2.96. The third-order valence-corrected chi connectivity index (χ3v) is 2.43. The van der Waals surface area contributed by atoms with Crippen molar-refractivity contribution in [2.45, 2.75) is 26.2 Å². The van der Waals surface area contributed by atoms with Crippen molar-refractivity contribution in [3.63, 3.8) is 0 Å². The molecule has 0 N–H and O–H groups in total. The van der Waals surface area contributed by atoms with E-state index < -0.39 is 0 Å². The van der Waals surface area contributed by atoms with Gasteiger partial charge in [-0.1, -0.05) is 31.5 Å². The van der Waals surface area contributed by atoms with Crippen molar-refractivity contribution in [1.29, 1.82) is 0 Å². The molecule has 0 bridgehead atoms. The lowest BCUT2D eigenvalue weighted by Gasteiger charge is -2.08. The number of benzene rings is 1. The van der Waals surface area contributed by atoms with E-state index in [0.717, 1.165) is 12.0 Å². The van der Waals surface area contributed by atoms with Crippen molar-refractivity contribution in [2.75, 3.05) is 0 Å². The van der Waals surface area contributed by atoms with Gasteiger partial charge >= 0.3 is 0 Å². The summed E-state index contributed by atoms with van der Waals surface area (Å²) >= 11 is 5.55. The van der Waals surface area contributed by atoms with Crippen molar-refractivity contribution < 1.29 is 4.39 Å². The third-order valence-electron chi connectivity index (χ3n) is 2.13. The molecule has 2 heteroatoms. The van der Waals surface area contributed by atoms with Crippen LogP contribution in [0.5, 0.6) is 0 Å². The lowest BCUT2D eigenvalue weighted by Crippen LogP contribution is -1.92. The Hall–Kier alpha value is -0.560. The molecular formula is C10H12ClF. The maximum atomic E-state index is 12.9. The quantitative estimate of drug-likeness (QED) is 0.655. The van der Waals surface area contributed by atoms with Gasteiger partial charge in [0.15, 0.2) is 0 Å². The second kappa shape index (κ2) is 3.90. The van der Waals surface area contributed by atoms with Gasteiger partial charge in [-0.2, -0.15) is 0 Å². The highest BCUT2D eigenvalue weighted by Gasteiger charge is 2.05. The van der Waals surface area contributed by atoms with Crippen LogP contribution in [0.15, 0.2) is 18.2 Å². The fraction of sp³-hybridized carbons (Fsp3) is 0.400. The monoisotopic (exact) mass is 186 g/mol. The first kappa shape index (κ1) is 9.53. The normalized spacial score (nSPS) is 13.0. The van der Waals surface area contributed by atoms with Crippen LogP contribution in [0.3, 0.4) is 0 Å². The van der Waals surface area contributed by atoms with E-state index >= 15 is 0 Å². The summed E-state index contributed by atoms with van der Waals surface area (Å²) in [6.45, 7) is 4.15. The first-order valence-corrected chi connectivity index (χ1v) is 4.48. The van der Waals surface area contributed by atoms with Crippen LogP contribution in [0.4, 0.5) is 4.39 Å². The van der Waals surface area contributed by atoms with Crippen molar-refractivity contribution in [3.8, 4) is 0 Å². The smallest absolute Gasteiger partial charge is 0.142 e. The van der Waals surface area contributed by atoms with Crippen LogP contribution in [-0.4, -0.2) is 0 Å². The lowest BCUT2D eigenvalue weighted by molar-refractivity contribution is 0.620. The molecule has 12 heavy (non-hydrogen) atoms. The van der Waals surface area contributed by atoms with Crippen LogP contribution >= 0.6 is 11.6 Å². The van der Waals surface area contributed by atoms with Crippen LogP contribution < -0.4 is 0 Å². The summed E-state index contributed by atoms with van der Waals surface area (Å²) < 4.78 is 12.9. The molecule has 0 nitrogen and oxygen atoms in total. The van der Waals surface area contributed by atoms with Crippen molar-refractivity contribution >= 4 is 11.6 Å². The summed E-state index contributed by atoms with van der Waals surface area (Å²) in [4.78, 5) is 0. The van der Waals surface area contributed by atoms with Crippen molar-refractivity contribution in [2.24, 2.45) is 0 Å². The number of hydrogen-bond acceptors (Lipinski definition) is 0. The minimum absolute atomic E-state index is 0.196. The van der Waals surface area contributed by atoms with Gasteiger partial charge in [-0.25, -0.2) is 4.39 Å². The molecule has 1 aromatic carbocycles. The molecule has 0 radical (unpaired) electrons. The lowest BCUT2D eigenvalue weighted by atomic mass is 9.99. The highest BCUT2D eigenvalue weighted by atomic mass is 35.5. The first-order valence-electron chi connectivity index (χ1n) is 4.10. The van der Waals surface area contributed by atoms with E-state index in [1.165, 1.54) is 6.07 Å². The van der Waals surface area contributed by atoms with Crippen LogP contribution in [-0.2, 0) is 0 Å². The second-order valence-corrected chi connectivity index (χ2v) is 3.39. The molecule has 0 spiro atoms. The SMILES string of the molecule is CC[C@H](C)c1ccc(Cl)c(F)c1. The largest absolute Gasteiger partial charge is 0.205 e. The van der Waals surface area contributed by atoms with E-state index in [0.29, 0.717) is 5.92 Å². The van der Waals surface area contributed by atoms with Crippen LogP contribution in [0.25, 0.3) is 0 Å². The standard InChI is InChI=1S/C10H12ClF/c1-3-7(2)8-4-5-9(11)10(12)6-8/h4-7H,3H2,1-2H3/t7-/m0/s1. The molecule has 0 amide bonds. The molecule has 0 aliphatic rings. The number of hydrogen-bond donors (Lipinski definition) is 0. The predicted octanol–water partition coefficient (Wildman–Crippen LogP) is 3.99. The van der Waals surface area contributed by atoms with Gasteiger partial charge in [0.2, 0.25) is 0 Å². The Morgan fingerprint density at radius 3 is 2.67 bits per heavy atom. The van der Waals surface area contributed by atoms with E-state index in [-0.39, 0.29) is 10.8 Å². The van der Waals surface area contributed by atoms with Crippen LogP contribution in [0.1, 0.15) is 31.7 Å². The van der Waals surface area contributed by atoms with Gasteiger partial charge < -0.3 is 0 Å². The Kier molecular flexibility index (Phi) is 3.10. The zero-order valence-electron chi connectivity index (χ0n) is 7.27. The first-order chi connectivity index (χ1) is 5.65. The molecule has 0 fully saturated rings. The Labute approximate surface area is 77.4 Å². The average Bonchev–Trinajstić information content (AvgIpc) is 2.08. The molecule has 1 rings (SSSR count). The molecular weight excluding hydrogens is 175 g/mol. The topological polar surface area (TPSA) is 0 Å². The van der Waals surface area contributed by atoms with E-state index in [1.807, 2.05) is 6.07 Å². The van der Waals surface area contributed by atoms with Gasteiger partial charge in [0.1, 0.15) is 5.82 Å². The maximum absolute atomic E-state index is 12.9. The number of rotatable bonds is 2. The van der Waals surface area contributed by atoms with Crippen LogP contribution in [0, 0.1) is 5.82 Å². The van der Waals surface area contributed by atoms with E-state index in [9.17, 15) is 4.39 Å². The summed E-state index contributed by atoms with van der Waals surface area (Å²) in [7, 11) is 0. The van der Waals surface area contributed by atoms with E-state index in [1.54, 1.807) is 6.07 Å². The molecule has 1 aromatic rings. The molecule has 0 aliphatic heterocycles.